The molecule has 1 aliphatic heterocycles. The Balaban J connectivity index is 1.21. The highest BCUT2D eigenvalue weighted by atomic mass is 32.2. The molecule has 1 aliphatic rings. The maximum atomic E-state index is 15.6. The molecule has 33 nitrogen and oxygen atoms in total. The van der Waals surface area contributed by atoms with Crippen LogP contribution in [0.3, 0.4) is 0 Å². The zero-order chi connectivity index (χ0) is 94.0. The fraction of sp³-hybridized carbons (Fsp3) is 0.432. The van der Waals surface area contributed by atoms with Gasteiger partial charge in [0, 0.05) is 128 Å². The van der Waals surface area contributed by atoms with Gasteiger partial charge in [-0.05, 0) is 95.4 Å². The Hall–Kier alpha value is -13.1. The van der Waals surface area contributed by atoms with E-state index in [0.29, 0.717) is 57.1 Å². The number of ether oxygens (including phenoxy) is 1. The van der Waals surface area contributed by atoms with Gasteiger partial charge in [0.1, 0.15) is 72.2 Å². The number of ketones is 3. The highest BCUT2D eigenvalue weighted by Crippen LogP contribution is 2.28. The average molecular weight is 1790 g/mol. The molecule has 1 aromatic heterocycles. The number of benzene rings is 6. The summed E-state index contributed by atoms with van der Waals surface area (Å²) in [5, 5.41) is 38.1. The van der Waals surface area contributed by atoms with Gasteiger partial charge >= 0.3 is 0 Å². The third kappa shape index (κ3) is 30.8. The van der Waals surface area contributed by atoms with Crippen molar-refractivity contribution in [2.24, 2.45) is 29.2 Å². The van der Waals surface area contributed by atoms with Crippen LogP contribution in [0.1, 0.15) is 112 Å². The number of para-hydroxylation sites is 1. The van der Waals surface area contributed by atoms with Crippen LogP contribution in [0.2, 0.25) is 0 Å². The van der Waals surface area contributed by atoms with Gasteiger partial charge in [-0.2, -0.15) is 0 Å². The number of phenolic OH excluding ortho intramolecular Hbond substituents is 2. The molecular weight excluding hydrogens is 1670 g/mol. The Morgan fingerprint density at radius 2 is 0.984 bits per heavy atom. The summed E-state index contributed by atoms with van der Waals surface area (Å²) < 4.78 is 5.15. The molecule has 11 atom stereocenters. The molecule has 8 rings (SSSR count). The number of unbranched alkanes of at least 4 members (excludes halogenated alkanes) is 1. The summed E-state index contributed by atoms with van der Waals surface area (Å²) in [5.74, 6) is -16.1. The number of amides is 12. The van der Waals surface area contributed by atoms with Crippen LogP contribution in [-0.2, 0) is 120 Å². The number of likely N-dealkylation sites (N-methyl/N-ethyl adjacent to an activating group) is 5. The standard InChI is InChI=1S/C95H120N14O19S/c1-9-10-32-79-94(126)105(4)53-69(113)49-66(55-128-58-110)83(115)51-71(59(2)3)91(123)108(7)80(47-61-25-16-12-17-26-61)90(122)103-76(46-64-35-39-68(112)40-36-64)92(124)106(5)54-85(117)99-75(50-65-52-98-72-30-21-20-29-70(65)72)89(121)102-74(44-63-33-37-67(111)38-34-63)88(120)101-73(31-22-43-96)87(119)104-78(82(114)41-42-84(97)116)56-129-57-86(118)100-77(45-60-23-14-11-15-24-60)93(125)109(8)81(95(127)107(79)6)48-62-27-18-13-19-28-62/h11-21,23-30,33-40,52,58-59,66,71,73-81,98,111-112H,9-10,22,31-32,41-51,53-57,96H2,1-8H3,(H2,97,116)(H,99,117)(H,100,118)(H,101,120)(H,102,121)(H,103,122)(H,104,119)/t66-,71-,73-,74-,75-,76-,77-,78-,79-,80-,81-/m0/s1. The summed E-state index contributed by atoms with van der Waals surface area (Å²) in [6, 6.07) is 31.5. The maximum Gasteiger partial charge on any atom is 0.293 e. The van der Waals surface area contributed by atoms with Crippen LogP contribution in [0.25, 0.3) is 10.9 Å². The van der Waals surface area contributed by atoms with Gasteiger partial charge in [-0.15, -0.1) is 11.8 Å². The normalized spacial score (nSPS) is 22.0. The van der Waals surface area contributed by atoms with Crippen molar-refractivity contribution in [2.75, 3.05) is 73.0 Å². The molecule has 2 heterocycles. The monoisotopic (exact) mass is 1790 g/mol. The van der Waals surface area contributed by atoms with E-state index in [2.05, 4.69) is 36.9 Å². The van der Waals surface area contributed by atoms with Crippen LogP contribution in [-0.4, -0.2) is 262 Å². The lowest BCUT2D eigenvalue weighted by Crippen LogP contribution is -2.59. The fourth-order valence-corrected chi connectivity index (χ4v) is 16.3. The van der Waals surface area contributed by atoms with Crippen LogP contribution in [0.5, 0.6) is 11.5 Å². The first-order chi connectivity index (χ1) is 61.7. The molecule has 0 saturated carbocycles. The van der Waals surface area contributed by atoms with Gasteiger partial charge in [0.25, 0.3) is 6.47 Å². The van der Waals surface area contributed by atoms with Crippen molar-refractivity contribution >= 4 is 117 Å². The minimum atomic E-state index is -1.60. The Labute approximate surface area is 755 Å². The first-order valence-corrected chi connectivity index (χ1v) is 44.3. The Bertz CT molecular complexity index is 5010. The molecule has 0 spiro atoms. The van der Waals surface area contributed by atoms with E-state index in [1.165, 1.54) is 93.6 Å². The van der Waals surface area contributed by atoms with Crippen molar-refractivity contribution in [2.45, 2.75) is 171 Å². The maximum absolute atomic E-state index is 15.6. The summed E-state index contributed by atoms with van der Waals surface area (Å²) in [4.78, 5) is 244. The second-order valence-corrected chi connectivity index (χ2v) is 34.1. The van der Waals surface area contributed by atoms with Crippen molar-refractivity contribution in [3.05, 3.63) is 203 Å². The molecular formula is C95H120N14O19S. The molecule has 0 unspecified atom stereocenters. The molecule has 1 fully saturated rings. The van der Waals surface area contributed by atoms with Crippen molar-refractivity contribution in [3.63, 3.8) is 0 Å². The molecule has 6 aromatic carbocycles. The first kappa shape index (κ1) is 101. The van der Waals surface area contributed by atoms with E-state index in [-0.39, 0.29) is 88.1 Å². The lowest BCUT2D eigenvalue weighted by Gasteiger charge is -2.37. The van der Waals surface area contributed by atoms with Crippen molar-refractivity contribution < 1.29 is 91.7 Å². The zero-order valence-corrected chi connectivity index (χ0v) is 75.0. The van der Waals surface area contributed by atoms with Crippen LogP contribution >= 0.6 is 11.8 Å². The van der Waals surface area contributed by atoms with Gasteiger partial charge in [-0.3, -0.25) is 76.7 Å². The topological polar surface area (TPSA) is 479 Å². The molecule has 12 amide bonds. The number of H-pyrrole nitrogens is 1. The van der Waals surface area contributed by atoms with E-state index in [9.17, 15) is 48.6 Å². The average Bonchev–Trinajstić information content (AvgIpc) is 1.21. The second kappa shape index (κ2) is 50.4. The summed E-state index contributed by atoms with van der Waals surface area (Å²) in [5.41, 5.74) is 15.3. The van der Waals surface area contributed by atoms with Gasteiger partial charge in [-0.25, -0.2) is 0 Å². The number of hydrogen-bond donors (Lipinski definition) is 11. The lowest BCUT2D eigenvalue weighted by molar-refractivity contribution is -0.151. The number of hydrogen-bond acceptors (Lipinski definition) is 21. The number of thioether (sulfide) groups is 1. The molecule has 129 heavy (non-hydrogen) atoms. The summed E-state index contributed by atoms with van der Waals surface area (Å²) in [7, 11) is 6.79. The quantitative estimate of drug-likeness (QED) is 0.0339. The van der Waals surface area contributed by atoms with E-state index in [1.54, 1.807) is 135 Å². The Kier molecular flexibility index (Phi) is 39.6. The Morgan fingerprint density at radius 3 is 1.55 bits per heavy atom. The summed E-state index contributed by atoms with van der Waals surface area (Å²) >= 11 is 0.866. The highest BCUT2D eigenvalue weighted by molar-refractivity contribution is 8.00. The Morgan fingerprint density at radius 1 is 0.496 bits per heavy atom. The third-order valence-corrected chi connectivity index (χ3v) is 24.0. The van der Waals surface area contributed by atoms with E-state index in [0.717, 1.165) is 26.5 Å². The lowest BCUT2D eigenvalue weighted by atomic mass is 9.84. The number of phenols is 2. The predicted octanol–water partition coefficient (Wildman–Crippen LogP) is 4.13. The number of nitrogens with one attached hydrogen (secondary N) is 7. The smallest absolute Gasteiger partial charge is 0.293 e. The van der Waals surface area contributed by atoms with Gasteiger partial charge in [0.2, 0.25) is 70.9 Å². The number of aromatic hydroxyl groups is 2. The van der Waals surface area contributed by atoms with Crippen molar-refractivity contribution in [1.29, 1.82) is 0 Å². The minimum Gasteiger partial charge on any atom is -0.508 e. The molecule has 34 heteroatoms. The van der Waals surface area contributed by atoms with E-state index in [4.69, 9.17) is 16.2 Å². The van der Waals surface area contributed by atoms with E-state index in [1.807, 2.05) is 6.92 Å². The number of nitrogens with zero attached hydrogens (tertiary/aromatic N) is 5. The minimum absolute atomic E-state index is 0.00103. The molecule has 7 aromatic rings. The number of nitrogens with two attached hydrogens (primary N) is 2. The van der Waals surface area contributed by atoms with Crippen LogP contribution in [0.4, 0.5) is 0 Å². The molecule has 0 radical (unpaired) electrons. The van der Waals surface area contributed by atoms with Gasteiger partial charge < -0.3 is 87.8 Å². The van der Waals surface area contributed by atoms with Crippen molar-refractivity contribution in [1.82, 2.24) is 61.4 Å². The van der Waals surface area contributed by atoms with Gasteiger partial charge in [0.15, 0.2) is 11.6 Å². The molecule has 0 bridgehead atoms. The number of Topliss-reactive ketones (excluding diaryl/α,β-unsaturated/α-hetero) is 3. The third-order valence-electron chi connectivity index (χ3n) is 22.9. The summed E-state index contributed by atoms with van der Waals surface area (Å²) in [6.45, 7) is 3.32. The molecule has 690 valence electrons. The van der Waals surface area contributed by atoms with E-state index < -0.39 is 211 Å². The van der Waals surface area contributed by atoms with E-state index >= 15 is 38.4 Å². The molecule has 1 saturated heterocycles. The predicted molar refractivity (Wildman–Crippen MR) is 484 cm³/mol. The van der Waals surface area contributed by atoms with Crippen LogP contribution < -0.4 is 43.4 Å². The highest BCUT2D eigenvalue weighted by Gasteiger charge is 2.42. The number of aromatic amines is 1. The number of rotatable bonds is 26. The number of primary amides is 1. The van der Waals surface area contributed by atoms with Gasteiger partial charge in [-0.1, -0.05) is 167 Å². The zero-order valence-electron chi connectivity index (χ0n) is 74.2. The second-order valence-electron chi connectivity index (χ2n) is 33.1. The van der Waals surface area contributed by atoms with Crippen molar-refractivity contribution in [3.8, 4) is 11.5 Å². The number of carbonyl (C=O) groups excluding carboxylic acids is 16. The largest absolute Gasteiger partial charge is 0.508 e. The first-order valence-electron chi connectivity index (χ1n) is 43.2. The fourth-order valence-electron chi connectivity index (χ4n) is 15.4. The van der Waals surface area contributed by atoms with Crippen LogP contribution in [0, 0.1) is 17.8 Å². The molecule has 13 N–H and O–H groups in total. The number of aromatic nitrogens is 1. The number of carbonyl (C=O) groups is 16. The van der Waals surface area contributed by atoms with Crippen LogP contribution in [0.15, 0.2) is 170 Å². The number of fused-ring (bicyclic) bond motifs is 1. The molecule has 0 aliphatic carbocycles. The SMILES string of the molecule is CCCC[C@H]1C(=O)N(C)CC(=O)C[C@@H](COC=O)C(=O)C[C@@H](C(C)C)C(=O)N(C)[C@@H](Cc2ccccc2)C(=O)N[C@@H](Cc2ccc(O)cc2)C(=O)N(C)CC(=O)N[C@@H](Cc2c[nH]c3ccccc23)C(=O)N[C@@H](Cc2ccc(O)cc2)C(=O)N[C@@H](CCCN)C(=O)N[C@H](C(=O)CCC(N)=O)CSCC(=O)N[C@@H](Cc2ccccc2)C(=O)N(C)[C@@H](Cc2ccccc2)C(=O)N1C. The summed E-state index contributed by atoms with van der Waals surface area (Å²) in [6.07, 6.45) is -0.585. The van der Waals surface area contributed by atoms with Gasteiger partial charge in [0.05, 0.1) is 30.8 Å².